The third-order valence-corrected chi connectivity index (χ3v) is 8.53. The van der Waals surface area contributed by atoms with Crippen LogP contribution in [0.5, 0.6) is 11.5 Å². The molecule has 10 heteroatoms. The number of amides is 1. The van der Waals surface area contributed by atoms with E-state index in [0.29, 0.717) is 42.1 Å². The fourth-order valence-electron chi connectivity index (χ4n) is 4.13. The maximum absolute atomic E-state index is 13.5. The van der Waals surface area contributed by atoms with E-state index in [2.05, 4.69) is 10.3 Å². The average molecular weight is 486 g/mol. The van der Waals surface area contributed by atoms with Crippen molar-refractivity contribution in [1.82, 2.24) is 4.98 Å². The van der Waals surface area contributed by atoms with Crippen LogP contribution in [0.2, 0.25) is 0 Å². The molecule has 0 saturated heterocycles. The number of nitrogens with zero attached hydrogens (tertiary/aromatic N) is 2. The van der Waals surface area contributed by atoms with Gasteiger partial charge in [0.1, 0.15) is 13.2 Å². The van der Waals surface area contributed by atoms with Gasteiger partial charge in [-0.15, -0.1) is 0 Å². The molecular formula is C23H23N3O5S2. The van der Waals surface area contributed by atoms with Gasteiger partial charge in [-0.05, 0) is 55.2 Å². The van der Waals surface area contributed by atoms with E-state index in [9.17, 15) is 13.2 Å². The molecule has 0 spiro atoms. The maximum atomic E-state index is 13.5. The fourth-order valence-corrected chi connectivity index (χ4v) is 6.70. The number of anilines is 2. The topological polar surface area (TPSA) is 97.8 Å². The third-order valence-electron chi connectivity index (χ3n) is 5.60. The van der Waals surface area contributed by atoms with Crippen LogP contribution in [-0.2, 0) is 21.2 Å². The highest BCUT2D eigenvalue weighted by atomic mass is 32.2. The average Bonchev–Trinajstić information content (AvgIpc) is 3.17. The van der Waals surface area contributed by atoms with Crippen molar-refractivity contribution < 1.29 is 22.7 Å². The van der Waals surface area contributed by atoms with Crippen molar-refractivity contribution in [2.45, 2.75) is 31.6 Å². The molecule has 2 aromatic carbocycles. The van der Waals surface area contributed by atoms with Crippen molar-refractivity contribution >= 4 is 38.1 Å². The summed E-state index contributed by atoms with van der Waals surface area (Å²) in [6.07, 6.45) is 1.51. The Labute approximate surface area is 196 Å². The van der Waals surface area contributed by atoms with Crippen molar-refractivity contribution in [1.29, 1.82) is 0 Å². The van der Waals surface area contributed by atoms with E-state index < -0.39 is 10.0 Å². The zero-order valence-corrected chi connectivity index (χ0v) is 19.9. The SMILES string of the molecule is CC(=O)Nc1nc(C)c(-c2ccc3c(c2)CCCN3S(=O)(=O)c2ccc3c(c2)OCCO3)s1. The zero-order chi connectivity index (χ0) is 23.2. The molecule has 5 rings (SSSR count). The van der Waals surface area contributed by atoms with E-state index >= 15 is 0 Å². The van der Waals surface area contributed by atoms with E-state index in [1.54, 1.807) is 12.1 Å². The van der Waals surface area contributed by atoms with Gasteiger partial charge in [0.15, 0.2) is 16.6 Å². The Morgan fingerprint density at radius 2 is 1.91 bits per heavy atom. The number of hydrogen-bond acceptors (Lipinski definition) is 7. The Morgan fingerprint density at radius 1 is 1.12 bits per heavy atom. The predicted octanol–water partition coefficient (Wildman–Crippen LogP) is 3.99. The standard InChI is InChI=1S/C23H23N3O5S2/c1-14-22(32-23(24-14)25-15(2)27)17-5-7-19-16(12-17)4-3-9-26(19)33(28,29)18-6-8-20-21(13-18)31-11-10-30-20/h5-8,12-13H,3-4,9-11H2,1-2H3,(H,24,25,27). The summed E-state index contributed by atoms with van der Waals surface area (Å²) in [4.78, 5) is 16.9. The first-order valence-electron chi connectivity index (χ1n) is 10.6. The van der Waals surface area contributed by atoms with E-state index in [-0.39, 0.29) is 10.8 Å². The van der Waals surface area contributed by atoms with Crippen molar-refractivity contribution in [2.24, 2.45) is 0 Å². The Kier molecular flexibility index (Phi) is 5.49. The number of aromatic nitrogens is 1. The Bertz CT molecular complexity index is 1350. The number of nitrogens with one attached hydrogen (secondary N) is 1. The van der Waals surface area contributed by atoms with Gasteiger partial charge in [0.2, 0.25) is 5.91 Å². The first-order chi connectivity index (χ1) is 15.8. The first kappa shape index (κ1) is 21.7. The number of rotatable bonds is 4. The maximum Gasteiger partial charge on any atom is 0.264 e. The highest BCUT2D eigenvalue weighted by molar-refractivity contribution is 7.92. The summed E-state index contributed by atoms with van der Waals surface area (Å²) in [6, 6.07) is 10.5. The monoisotopic (exact) mass is 485 g/mol. The predicted molar refractivity (Wildman–Crippen MR) is 127 cm³/mol. The molecule has 33 heavy (non-hydrogen) atoms. The second-order valence-electron chi connectivity index (χ2n) is 7.94. The van der Waals surface area contributed by atoms with Crippen LogP contribution in [0.25, 0.3) is 10.4 Å². The summed E-state index contributed by atoms with van der Waals surface area (Å²) in [5, 5.41) is 3.28. The number of hydrogen-bond donors (Lipinski definition) is 1. The summed E-state index contributed by atoms with van der Waals surface area (Å²) in [5.41, 5.74) is 3.43. The number of aryl methyl sites for hydroxylation is 2. The largest absolute Gasteiger partial charge is 0.486 e. The number of ether oxygens (including phenoxy) is 2. The first-order valence-corrected chi connectivity index (χ1v) is 12.9. The van der Waals surface area contributed by atoms with Gasteiger partial charge < -0.3 is 14.8 Å². The van der Waals surface area contributed by atoms with E-state index in [1.807, 2.05) is 25.1 Å². The minimum absolute atomic E-state index is 0.166. The van der Waals surface area contributed by atoms with Gasteiger partial charge in [-0.3, -0.25) is 9.10 Å². The molecule has 0 saturated carbocycles. The summed E-state index contributed by atoms with van der Waals surface area (Å²) >= 11 is 1.41. The van der Waals surface area contributed by atoms with Gasteiger partial charge in [0.25, 0.3) is 10.0 Å². The van der Waals surface area contributed by atoms with Crippen LogP contribution in [0.3, 0.4) is 0 Å². The molecule has 3 heterocycles. The highest BCUT2D eigenvalue weighted by Crippen LogP contribution is 2.39. The minimum Gasteiger partial charge on any atom is -0.486 e. The molecule has 2 aliphatic heterocycles. The fraction of sp³-hybridized carbons (Fsp3) is 0.304. The Morgan fingerprint density at radius 3 is 2.70 bits per heavy atom. The van der Waals surface area contributed by atoms with Gasteiger partial charge in [0, 0.05) is 19.5 Å². The molecule has 172 valence electrons. The minimum atomic E-state index is -3.76. The second-order valence-corrected chi connectivity index (χ2v) is 10.8. The summed E-state index contributed by atoms with van der Waals surface area (Å²) < 4.78 is 39.6. The second kappa shape index (κ2) is 8.35. The number of thiazole rings is 1. The number of carbonyl (C=O) groups excluding carboxylic acids is 1. The number of fused-ring (bicyclic) bond motifs is 2. The zero-order valence-electron chi connectivity index (χ0n) is 18.3. The van der Waals surface area contributed by atoms with Crippen LogP contribution < -0.4 is 19.1 Å². The highest BCUT2D eigenvalue weighted by Gasteiger charge is 2.30. The van der Waals surface area contributed by atoms with Gasteiger partial charge in [-0.25, -0.2) is 13.4 Å². The quantitative estimate of drug-likeness (QED) is 0.600. The van der Waals surface area contributed by atoms with E-state index in [1.165, 1.54) is 28.6 Å². The molecule has 2 aliphatic rings. The lowest BCUT2D eigenvalue weighted by Crippen LogP contribution is -2.35. The molecule has 0 aliphatic carbocycles. The van der Waals surface area contributed by atoms with Crippen molar-refractivity contribution in [3.8, 4) is 21.9 Å². The van der Waals surface area contributed by atoms with Crippen LogP contribution >= 0.6 is 11.3 Å². The van der Waals surface area contributed by atoms with E-state index in [0.717, 1.165) is 34.5 Å². The van der Waals surface area contributed by atoms with E-state index in [4.69, 9.17) is 9.47 Å². The lowest BCUT2D eigenvalue weighted by Gasteiger charge is -2.31. The molecule has 3 aromatic rings. The summed E-state index contributed by atoms with van der Waals surface area (Å²) in [7, 11) is -3.76. The Balaban J connectivity index is 1.49. The number of carbonyl (C=O) groups is 1. The van der Waals surface area contributed by atoms with Crippen LogP contribution in [-0.4, -0.2) is 39.1 Å². The summed E-state index contributed by atoms with van der Waals surface area (Å²) in [5.74, 6) is 0.841. The molecule has 1 amide bonds. The molecule has 1 aromatic heterocycles. The molecule has 0 radical (unpaired) electrons. The smallest absolute Gasteiger partial charge is 0.264 e. The van der Waals surface area contributed by atoms with Gasteiger partial charge >= 0.3 is 0 Å². The van der Waals surface area contributed by atoms with Gasteiger partial charge in [-0.1, -0.05) is 17.4 Å². The van der Waals surface area contributed by atoms with Crippen LogP contribution in [0.4, 0.5) is 10.8 Å². The molecular weight excluding hydrogens is 462 g/mol. The molecule has 0 atom stereocenters. The molecule has 0 unspecified atom stereocenters. The van der Waals surface area contributed by atoms with Crippen LogP contribution in [0, 0.1) is 6.92 Å². The van der Waals surface area contributed by atoms with Crippen molar-refractivity contribution in [2.75, 3.05) is 29.4 Å². The van der Waals surface area contributed by atoms with Crippen molar-refractivity contribution in [3.63, 3.8) is 0 Å². The number of benzene rings is 2. The molecule has 0 bridgehead atoms. The van der Waals surface area contributed by atoms with Gasteiger partial charge in [-0.2, -0.15) is 0 Å². The summed E-state index contributed by atoms with van der Waals surface area (Å²) in [6.45, 7) is 4.61. The van der Waals surface area contributed by atoms with Gasteiger partial charge in [0.05, 0.1) is 21.2 Å². The third kappa shape index (κ3) is 4.04. The normalized spacial score (nSPS) is 15.2. The molecule has 1 N–H and O–H groups in total. The lowest BCUT2D eigenvalue weighted by atomic mass is 10.00. The lowest BCUT2D eigenvalue weighted by molar-refractivity contribution is -0.114. The van der Waals surface area contributed by atoms with Crippen molar-refractivity contribution in [3.05, 3.63) is 47.7 Å². The molecule has 8 nitrogen and oxygen atoms in total. The number of sulfonamides is 1. The molecule has 0 fully saturated rings. The van der Waals surface area contributed by atoms with Crippen LogP contribution in [0.1, 0.15) is 24.6 Å². The van der Waals surface area contributed by atoms with Crippen LogP contribution in [0.15, 0.2) is 41.3 Å². The Hall–Kier alpha value is -3.11.